The first-order chi connectivity index (χ1) is 13.4. The molecule has 2 amide bonds. The van der Waals surface area contributed by atoms with E-state index in [1.807, 2.05) is 32.9 Å². The molecule has 0 saturated carbocycles. The second-order valence-electron chi connectivity index (χ2n) is 8.48. The molecule has 0 aliphatic carbocycles. The Balaban J connectivity index is 2.07. The van der Waals surface area contributed by atoms with Gasteiger partial charge in [-0.1, -0.05) is 38.8 Å². The summed E-state index contributed by atoms with van der Waals surface area (Å²) in [6, 6.07) is 8.35. The Morgan fingerprint density at radius 3 is 2.41 bits per heavy atom. The summed E-state index contributed by atoms with van der Waals surface area (Å²) in [4.78, 5) is 28.7. The molecule has 152 valence electrons. The van der Waals surface area contributed by atoms with Gasteiger partial charge in [0.1, 0.15) is 11.4 Å². The van der Waals surface area contributed by atoms with Crippen LogP contribution in [0.3, 0.4) is 0 Å². The Morgan fingerprint density at radius 1 is 1.14 bits per heavy atom. The minimum absolute atomic E-state index is 0.0892. The van der Waals surface area contributed by atoms with Gasteiger partial charge in [-0.15, -0.1) is 6.42 Å². The van der Waals surface area contributed by atoms with Gasteiger partial charge in [-0.05, 0) is 48.6 Å². The van der Waals surface area contributed by atoms with Crippen molar-refractivity contribution in [2.24, 2.45) is 0 Å². The standard InChI is InChI=1S/C23H27N3O3/c1-7-23(5,6)26-21(29)18-14-16(10-11-24-18)25-20(28)13-15-8-9-17(19(27)12-15)22(2,3)4/h1,8-12,14,27H,13H2,2-6H3,(H,26,29)(H,24,25,28). The average Bonchev–Trinajstić information content (AvgIpc) is 2.60. The number of terminal acetylenes is 1. The third-order valence-corrected chi connectivity index (χ3v) is 4.30. The first-order valence-corrected chi connectivity index (χ1v) is 9.30. The number of amides is 2. The molecule has 1 aromatic heterocycles. The van der Waals surface area contributed by atoms with Crippen molar-refractivity contribution < 1.29 is 14.7 Å². The van der Waals surface area contributed by atoms with Crippen LogP contribution in [0.5, 0.6) is 5.75 Å². The minimum Gasteiger partial charge on any atom is -0.508 e. The van der Waals surface area contributed by atoms with Gasteiger partial charge < -0.3 is 15.7 Å². The molecule has 2 rings (SSSR count). The van der Waals surface area contributed by atoms with Crippen molar-refractivity contribution in [3.8, 4) is 18.1 Å². The van der Waals surface area contributed by atoms with E-state index < -0.39 is 11.4 Å². The lowest BCUT2D eigenvalue weighted by Crippen LogP contribution is -2.42. The summed E-state index contributed by atoms with van der Waals surface area (Å²) in [6.07, 6.45) is 6.92. The maximum atomic E-state index is 12.4. The molecule has 6 heteroatoms. The van der Waals surface area contributed by atoms with Gasteiger partial charge in [0.15, 0.2) is 0 Å². The summed E-state index contributed by atoms with van der Waals surface area (Å²) in [5, 5.41) is 15.7. The van der Waals surface area contributed by atoms with Crippen LogP contribution in [-0.4, -0.2) is 27.4 Å². The molecular formula is C23H27N3O3. The molecular weight excluding hydrogens is 366 g/mol. The number of rotatable bonds is 5. The van der Waals surface area contributed by atoms with Gasteiger partial charge in [0.25, 0.3) is 5.91 Å². The van der Waals surface area contributed by atoms with Crippen molar-refractivity contribution in [1.29, 1.82) is 0 Å². The molecule has 1 heterocycles. The van der Waals surface area contributed by atoms with Crippen molar-refractivity contribution in [3.05, 3.63) is 53.3 Å². The lowest BCUT2D eigenvalue weighted by atomic mass is 9.85. The number of carbonyl (C=O) groups is 2. The third kappa shape index (κ3) is 6.08. The third-order valence-electron chi connectivity index (χ3n) is 4.30. The van der Waals surface area contributed by atoms with Crippen molar-refractivity contribution in [3.63, 3.8) is 0 Å². The minimum atomic E-state index is -0.806. The summed E-state index contributed by atoms with van der Waals surface area (Å²) in [7, 11) is 0. The Bertz CT molecular complexity index is 966. The van der Waals surface area contributed by atoms with Crippen LogP contribution in [0.1, 0.15) is 56.2 Å². The van der Waals surface area contributed by atoms with Gasteiger partial charge in [-0.3, -0.25) is 14.6 Å². The SMILES string of the molecule is C#CC(C)(C)NC(=O)c1cc(NC(=O)Cc2ccc(C(C)(C)C)c(O)c2)ccn1. The van der Waals surface area contributed by atoms with E-state index in [4.69, 9.17) is 6.42 Å². The molecule has 29 heavy (non-hydrogen) atoms. The quantitative estimate of drug-likeness (QED) is 0.679. The second kappa shape index (κ2) is 8.36. The number of hydrogen-bond donors (Lipinski definition) is 3. The van der Waals surface area contributed by atoms with E-state index in [1.165, 1.54) is 12.3 Å². The number of hydrogen-bond acceptors (Lipinski definition) is 4. The molecule has 0 saturated heterocycles. The van der Waals surface area contributed by atoms with E-state index in [9.17, 15) is 14.7 Å². The van der Waals surface area contributed by atoms with Crippen LogP contribution in [0, 0.1) is 12.3 Å². The Morgan fingerprint density at radius 2 is 1.83 bits per heavy atom. The second-order valence-corrected chi connectivity index (χ2v) is 8.48. The fourth-order valence-corrected chi connectivity index (χ4v) is 2.73. The predicted octanol–water partition coefficient (Wildman–Crippen LogP) is 3.41. The average molecular weight is 393 g/mol. The largest absolute Gasteiger partial charge is 0.508 e. The van der Waals surface area contributed by atoms with Crippen molar-refractivity contribution >= 4 is 17.5 Å². The fraction of sp³-hybridized carbons (Fsp3) is 0.348. The summed E-state index contributed by atoms with van der Waals surface area (Å²) in [5.74, 6) is 1.96. The molecule has 6 nitrogen and oxygen atoms in total. The first kappa shape index (κ1) is 22.0. The molecule has 0 aliphatic heterocycles. The van der Waals surface area contributed by atoms with E-state index in [1.54, 1.807) is 26.0 Å². The van der Waals surface area contributed by atoms with Gasteiger partial charge in [0.2, 0.25) is 5.91 Å². The maximum Gasteiger partial charge on any atom is 0.271 e. The summed E-state index contributed by atoms with van der Waals surface area (Å²) in [6.45, 7) is 9.44. The Labute approximate surface area is 171 Å². The number of anilines is 1. The van der Waals surface area contributed by atoms with Gasteiger partial charge in [0.05, 0.1) is 12.0 Å². The molecule has 0 radical (unpaired) electrons. The highest BCUT2D eigenvalue weighted by Crippen LogP contribution is 2.31. The number of aromatic nitrogens is 1. The number of phenols is 1. The number of carbonyl (C=O) groups excluding carboxylic acids is 2. The zero-order valence-corrected chi connectivity index (χ0v) is 17.5. The van der Waals surface area contributed by atoms with Crippen LogP contribution in [-0.2, 0) is 16.6 Å². The topological polar surface area (TPSA) is 91.3 Å². The van der Waals surface area contributed by atoms with E-state index in [0.29, 0.717) is 11.3 Å². The number of aromatic hydroxyl groups is 1. The predicted molar refractivity (Wildman–Crippen MR) is 114 cm³/mol. The Kier molecular flexibility index (Phi) is 6.33. The zero-order valence-electron chi connectivity index (χ0n) is 17.5. The van der Waals surface area contributed by atoms with E-state index in [2.05, 4.69) is 21.5 Å². The van der Waals surface area contributed by atoms with Gasteiger partial charge in [0, 0.05) is 11.9 Å². The number of nitrogens with zero attached hydrogens (tertiary/aromatic N) is 1. The first-order valence-electron chi connectivity index (χ1n) is 9.30. The summed E-state index contributed by atoms with van der Waals surface area (Å²) < 4.78 is 0. The van der Waals surface area contributed by atoms with Gasteiger partial charge in [-0.2, -0.15) is 0 Å². The van der Waals surface area contributed by atoms with Gasteiger partial charge >= 0.3 is 0 Å². The Hall–Kier alpha value is -3.33. The normalized spacial score (nSPS) is 11.4. The highest BCUT2D eigenvalue weighted by Gasteiger charge is 2.20. The number of phenolic OH excluding ortho intramolecular Hbond substituents is 1. The van der Waals surface area contributed by atoms with Crippen LogP contribution in [0.15, 0.2) is 36.5 Å². The van der Waals surface area contributed by atoms with Crippen LogP contribution in [0.4, 0.5) is 5.69 Å². The fourth-order valence-electron chi connectivity index (χ4n) is 2.73. The van der Waals surface area contributed by atoms with Crippen LogP contribution in [0.2, 0.25) is 0 Å². The summed E-state index contributed by atoms with van der Waals surface area (Å²) in [5.41, 5.74) is 1.12. The van der Waals surface area contributed by atoms with Crippen molar-refractivity contribution in [1.82, 2.24) is 10.3 Å². The molecule has 0 fully saturated rings. The molecule has 0 bridgehead atoms. The lowest BCUT2D eigenvalue weighted by Gasteiger charge is -2.20. The van der Waals surface area contributed by atoms with Crippen LogP contribution >= 0.6 is 0 Å². The molecule has 0 unspecified atom stereocenters. The van der Waals surface area contributed by atoms with Gasteiger partial charge in [-0.25, -0.2) is 0 Å². The van der Waals surface area contributed by atoms with Crippen LogP contribution in [0.25, 0.3) is 0 Å². The molecule has 3 N–H and O–H groups in total. The highest BCUT2D eigenvalue weighted by atomic mass is 16.3. The van der Waals surface area contributed by atoms with Crippen molar-refractivity contribution in [2.75, 3.05) is 5.32 Å². The number of nitrogens with one attached hydrogen (secondary N) is 2. The van der Waals surface area contributed by atoms with E-state index in [0.717, 1.165) is 5.56 Å². The zero-order chi connectivity index (χ0) is 21.8. The lowest BCUT2D eigenvalue weighted by molar-refractivity contribution is -0.115. The maximum absolute atomic E-state index is 12.4. The molecule has 2 aromatic rings. The molecule has 0 aliphatic rings. The molecule has 1 aromatic carbocycles. The number of pyridine rings is 1. The van der Waals surface area contributed by atoms with E-state index in [-0.39, 0.29) is 29.2 Å². The van der Waals surface area contributed by atoms with E-state index >= 15 is 0 Å². The van der Waals surface area contributed by atoms with Crippen LogP contribution < -0.4 is 10.6 Å². The molecule has 0 spiro atoms. The number of benzene rings is 1. The highest BCUT2D eigenvalue weighted by molar-refractivity contribution is 5.96. The van der Waals surface area contributed by atoms with Crippen molar-refractivity contribution in [2.45, 2.75) is 52.0 Å². The monoisotopic (exact) mass is 393 g/mol. The summed E-state index contributed by atoms with van der Waals surface area (Å²) >= 11 is 0. The smallest absolute Gasteiger partial charge is 0.271 e. The molecule has 0 atom stereocenters.